The molecule has 0 bridgehead atoms. The van der Waals surface area contributed by atoms with Gasteiger partial charge in [0, 0.05) is 38.4 Å². The lowest BCUT2D eigenvalue weighted by Gasteiger charge is -2.30. The normalized spacial score (nSPS) is 18.7. The third kappa shape index (κ3) is 6.12. The Morgan fingerprint density at radius 3 is 2.88 bits per heavy atom. The molecule has 2 rings (SSSR count). The third-order valence-electron chi connectivity index (χ3n) is 4.41. The molecule has 1 aromatic carbocycles. The Labute approximate surface area is 151 Å². The lowest BCUT2D eigenvalue weighted by molar-refractivity contribution is 0.187. The zero-order chi connectivity index (χ0) is 18.1. The van der Waals surface area contributed by atoms with Crippen LogP contribution in [0.4, 0.5) is 5.69 Å². The topological polar surface area (TPSA) is 58.1 Å². The molecule has 1 aromatic rings. The van der Waals surface area contributed by atoms with Crippen LogP contribution < -0.4 is 20.1 Å². The number of nitrogens with one attached hydrogen (secondary N) is 2. The molecule has 25 heavy (non-hydrogen) atoms. The number of nitrogens with zero attached hydrogens (tertiary/aromatic N) is 2. The molecule has 140 valence electrons. The van der Waals surface area contributed by atoms with Crippen LogP contribution in [0.2, 0.25) is 0 Å². The Balaban J connectivity index is 1.86. The predicted molar refractivity (Wildman–Crippen MR) is 104 cm³/mol. The second-order valence-electron chi connectivity index (χ2n) is 6.47. The van der Waals surface area contributed by atoms with Gasteiger partial charge in [-0.1, -0.05) is 6.92 Å². The van der Waals surface area contributed by atoms with E-state index in [-0.39, 0.29) is 0 Å². The van der Waals surface area contributed by atoms with Gasteiger partial charge in [-0.05, 0) is 44.4 Å². The van der Waals surface area contributed by atoms with Gasteiger partial charge < -0.3 is 25.0 Å². The second kappa shape index (κ2) is 10.1. The molecule has 1 heterocycles. The van der Waals surface area contributed by atoms with Crippen LogP contribution in [0.5, 0.6) is 11.5 Å². The summed E-state index contributed by atoms with van der Waals surface area (Å²) in [5.41, 5.74) is 0.920. The SMILES string of the molecule is CCOc1cc(NC(=NC)NCCN2CCCC(C)C2)ccc1OC. The van der Waals surface area contributed by atoms with E-state index in [9.17, 15) is 0 Å². The fourth-order valence-corrected chi connectivity index (χ4v) is 3.16. The van der Waals surface area contributed by atoms with Crippen LogP contribution >= 0.6 is 0 Å². The van der Waals surface area contributed by atoms with Crippen molar-refractivity contribution in [2.45, 2.75) is 26.7 Å². The van der Waals surface area contributed by atoms with Gasteiger partial charge in [-0.25, -0.2) is 0 Å². The molecule has 0 saturated carbocycles. The summed E-state index contributed by atoms with van der Waals surface area (Å²) in [5.74, 6) is 3.03. The van der Waals surface area contributed by atoms with Crippen LogP contribution in [0.15, 0.2) is 23.2 Å². The molecule has 0 spiro atoms. The molecule has 6 heteroatoms. The van der Waals surface area contributed by atoms with E-state index >= 15 is 0 Å². The summed E-state index contributed by atoms with van der Waals surface area (Å²) >= 11 is 0. The van der Waals surface area contributed by atoms with Crippen LogP contribution in [-0.4, -0.2) is 57.8 Å². The van der Waals surface area contributed by atoms with E-state index in [0.717, 1.165) is 42.2 Å². The average Bonchev–Trinajstić information content (AvgIpc) is 2.61. The van der Waals surface area contributed by atoms with Gasteiger partial charge in [-0.15, -0.1) is 0 Å². The monoisotopic (exact) mass is 348 g/mol. The Hall–Kier alpha value is -1.95. The molecule has 0 aromatic heterocycles. The molecule has 1 aliphatic heterocycles. The number of hydrogen-bond acceptors (Lipinski definition) is 4. The first kappa shape index (κ1) is 19.4. The minimum Gasteiger partial charge on any atom is -0.493 e. The first-order valence-corrected chi connectivity index (χ1v) is 9.17. The number of aliphatic imine (C=N–C) groups is 1. The highest BCUT2D eigenvalue weighted by Crippen LogP contribution is 2.30. The van der Waals surface area contributed by atoms with E-state index in [1.165, 1.54) is 25.9 Å². The highest BCUT2D eigenvalue weighted by atomic mass is 16.5. The smallest absolute Gasteiger partial charge is 0.195 e. The third-order valence-corrected chi connectivity index (χ3v) is 4.41. The van der Waals surface area contributed by atoms with Crippen molar-refractivity contribution in [3.05, 3.63) is 18.2 Å². The van der Waals surface area contributed by atoms with Crippen molar-refractivity contribution in [3.8, 4) is 11.5 Å². The fourth-order valence-electron chi connectivity index (χ4n) is 3.16. The van der Waals surface area contributed by atoms with Gasteiger partial charge in [0.1, 0.15) is 0 Å². The zero-order valence-electron chi connectivity index (χ0n) is 16.0. The van der Waals surface area contributed by atoms with E-state index in [0.29, 0.717) is 6.61 Å². The minimum atomic E-state index is 0.598. The van der Waals surface area contributed by atoms with Crippen LogP contribution in [0, 0.1) is 5.92 Å². The minimum absolute atomic E-state index is 0.598. The van der Waals surface area contributed by atoms with Gasteiger partial charge in [0.15, 0.2) is 17.5 Å². The van der Waals surface area contributed by atoms with Crippen molar-refractivity contribution in [2.75, 3.05) is 52.3 Å². The Kier molecular flexibility index (Phi) is 7.85. The standard InChI is InChI=1S/C19H32N4O2/c1-5-25-18-13-16(8-9-17(18)24-4)22-19(20-3)21-10-12-23-11-6-7-15(2)14-23/h8-9,13,15H,5-7,10-12,14H2,1-4H3,(H2,20,21,22). The molecular formula is C19H32N4O2. The number of hydrogen-bond donors (Lipinski definition) is 2. The number of methoxy groups -OCH3 is 1. The van der Waals surface area contributed by atoms with Crippen LogP contribution in [-0.2, 0) is 0 Å². The van der Waals surface area contributed by atoms with E-state index in [4.69, 9.17) is 9.47 Å². The molecule has 1 fully saturated rings. The molecule has 0 aliphatic carbocycles. The lowest BCUT2D eigenvalue weighted by atomic mass is 10.0. The second-order valence-corrected chi connectivity index (χ2v) is 6.47. The number of likely N-dealkylation sites (tertiary alicyclic amines) is 1. The summed E-state index contributed by atoms with van der Waals surface area (Å²) in [6, 6.07) is 5.79. The Morgan fingerprint density at radius 1 is 1.36 bits per heavy atom. The summed E-state index contributed by atoms with van der Waals surface area (Å²) in [7, 11) is 3.43. The van der Waals surface area contributed by atoms with E-state index in [2.05, 4.69) is 27.4 Å². The van der Waals surface area contributed by atoms with Crippen molar-refractivity contribution in [2.24, 2.45) is 10.9 Å². The van der Waals surface area contributed by atoms with Crippen molar-refractivity contribution in [3.63, 3.8) is 0 Å². The first-order chi connectivity index (χ1) is 12.2. The molecule has 0 amide bonds. The molecular weight excluding hydrogens is 316 g/mol. The number of benzene rings is 1. The summed E-state index contributed by atoms with van der Waals surface area (Å²) < 4.78 is 10.9. The van der Waals surface area contributed by atoms with Gasteiger partial charge in [-0.2, -0.15) is 0 Å². The van der Waals surface area contributed by atoms with E-state index in [1.54, 1.807) is 14.2 Å². The highest BCUT2D eigenvalue weighted by molar-refractivity contribution is 5.93. The van der Waals surface area contributed by atoms with Crippen molar-refractivity contribution in [1.29, 1.82) is 0 Å². The maximum atomic E-state index is 5.62. The van der Waals surface area contributed by atoms with Gasteiger partial charge in [-0.3, -0.25) is 4.99 Å². The molecule has 1 saturated heterocycles. The van der Waals surface area contributed by atoms with Gasteiger partial charge in [0.25, 0.3) is 0 Å². The largest absolute Gasteiger partial charge is 0.493 e. The lowest BCUT2D eigenvalue weighted by Crippen LogP contribution is -2.41. The maximum absolute atomic E-state index is 5.62. The molecule has 0 radical (unpaired) electrons. The van der Waals surface area contributed by atoms with Crippen molar-refractivity contribution < 1.29 is 9.47 Å². The number of piperidine rings is 1. The first-order valence-electron chi connectivity index (χ1n) is 9.17. The van der Waals surface area contributed by atoms with E-state index < -0.39 is 0 Å². The zero-order valence-corrected chi connectivity index (χ0v) is 16.0. The Morgan fingerprint density at radius 2 is 2.20 bits per heavy atom. The summed E-state index contributed by atoms with van der Waals surface area (Å²) in [4.78, 5) is 6.83. The Bertz CT molecular complexity index is 562. The number of rotatable bonds is 7. The quantitative estimate of drug-likeness (QED) is 0.586. The number of guanidine groups is 1. The van der Waals surface area contributed by atoms with Crippen molar-refractivity contribution in [1.82, 2.24) is 10.2 Å². The molecule has 6 nitrogen and oxygen atoms in total. The van der Waals surface area contributed by atoms with Gasteiger partial charge >= 0.3 is 0 Å². The summed E-state index contributed by atoms with van der Waals surface area (Å²) in [6.07, 6.45) is 2.66. The molecule has 1 unspecified atom stereocenters. The van der Waals surface area contributed by atoms with Crippen LogP contribution in [0.3, 0.4) is 0 Å². The van der Waals surface area contributed by atoms with Crippen molar-refractivity contribution >= 4 is 11.6 Å². The predicted octanol–water partition coefficient (Wildman–Crippen LogP) is 2.81. The fraction of sp³-hybridized carbons (Fsp3) is 0.632. The molecule has 1 atom stereocenters. The molecule has 2 N–H and O–H groups in total. The van der Waals surface area contributed by atoms with Gasteiger partial charge in [0.2, 0.25) is 0 Å². The van der Waals surface area contributed by atoms with E-state index in [1.807, 2.05) is 25.1 Å². The average molecular weight is 348 g/mol. The van der Waals surface area contributed by atoms with Gasteiger partial charge in [0.05, 0.1) is 13.7 Å². The number of anilines is 1. The van der Waals surface area contributed by atoms with Crippen LogP contribution in [0.25, 0.3) is 0 Å². The number of ether oxygens (including phenoxy) is 2. The van der Waals surface area contributed by atoms with Crippen LogP contribution in [0.1, 0.15) is 26.7 Å². The summed E-state index contributed by atoms with van der Waals surface area (Å²) in [5, 5.41) is 6.70. The summed E-state index contributed by atoms with van der Waals surface area (Å²) in [6.45, 7) is 9.21. The molecule has 1 aliphatic rings. The highest BCUT2D eigenvalue weighted by Gasteiger charge is 2.15. The maximum Gasteiger partial charge on any atom is 0.195 e.